The highest BCUT2D eigenvalue weighted by Gasteiger charge is 2.16. The monoisotopic (exact) mass is 346 g/mol. The molecule has 0 amide bonds. The zero-order chi connectivity index (χ0) is 18.0. The molecule has 1 unspecified atom stereocenters. The standard InChI is InChI=1S/C18H34O6/c1-4-7-9-16(6-3)18(20)24-15-13-22-11-10-21-12-14-23-17(19)8-5-2/h16H,4-15H2,1-3H3. The summed E-state index contributed by atoms with van der Waals surface area (Å²) >= 11 is 0. The van der Waals surface area contributed by atoms with E-state index in [0.29, 0.717) is 32.8 Å². The zero-order valence-electron chi connectivity index (χ0n) is 15.5. The van der Waals surface area contributed by atoms with Crippen LogP contribution in [0, 0.1) is 5.92 Å². The van der Waals surface area contributed by atoms with Gasteiger partial charge >= 0.3 is 11.9 Å². The number of rotatable bonds is 16. The second-order valence-corrected chi connectivity index (χ2v) is 5.61. The number of esters is 2. The molecule has 0 fully saturated rings. The summed E-state index contributed by atoms with van der Waals surface area (Å²) in [6.07, 6.45) is 5.08. The van der Waals surface area contributed by atoms with Crippen molar-refractivity contribution in [3.05, 3.63) is 0 Å². The first-order chi connectivity index (χ1) is 11.7. The van der Waals surface area contributed by atoms with Crippen molar-refractivity contribution in [3.8, 4) is 0 Å². The van der Waals surface area contributed by atoms with Gasteiger partial charge < -0.3 is 18.9 Å². The molecule has 1 atom stereocenters. The lowest BCUT2D eigenvalue weighted by atomic mass is 10.00. The molecular weight excluding hydrogens is 312 g/mol. The molecule has 0 aromatic carbocycles. The maximum Gasteiger partial charge on any atom is 0.308 e. The van der Waals surface area contributed by atoms with Crippen LogP contribution in [0.2, 0.25) is 0 Å². The van der Waals surface area contributed by atoms with Gasteiger partial charge in [0.15, 0.2) is 0 Å². The quantitative estimate of drug-likeness (QED) is 0.316. The van der Waals surface area contributed by atoms with Crippen LogP contribution in [-0.4, -0.2) is 51.6 Å². The second-order valence-electron chi connectivity index (χ2n) is 5.61. The topological polar surface area (TPSA) is 71.1 Å². The maximum absolute atomic E-state index is 11.8. The van der Waals surface area contributed by atoms with Gasteiger partial charge in [-0.2, -0.15) is 0 Å². The molecule has 6 nitrogen and oxygen atoms in total. The summed E-state index contributed by atoms with van der Waals surface area (Å²) in [5, 5.41) is 0. The molecular formula is C18H34O6. The van der Waals surface area contributed by atoms with Crippen molar-refractivity contribution in [2.24, 2.45) is 5.92 Å². The van der Waals surface area contributed by atoms with E-state index in [0.717, 1.165) is 32.1 Å². The first kappa shape index (κ1) is 22.9. The Balaban J connectivity index is 3.41. The highest BCUT2D eigenvalue weighted by Crippen LogP contribution is 2.14. The molecule has 0 radical (unpaired) electrons. The zero-order valence-corrected chi connectivity index (χ0v) is 15.5. The molecule has 0 aliphatic carbocycles. The van der Waals surface area contributed by atoms with Gasteiger partial charge in [-0.25, -0.2) is 0 Å². The van der Waals surface area contributed by atoms with Crippen LogP contribution in [0.1, 0.15) is 59.3 Å². The van der Waals surface area contributed by atoms with Gasteiger partial charge in [0.25, 0.3) is 0 Å². The van der Waals surface area contributed by atoms with Crippen LogP contribution >= 0.6 is 0 Å². The minimum absolute atomic E-state index is 0.00343. The summed E-state index contributed by atoms with van der Waals surface area (Å²) in [5.74, 6) is -0.313. The highest BCUT2D eigenvalue weighted by atomic mass is 16.6. The van der Waals surface area contributed by atoms with Crippen molar-refractivity contribution in [2.45, 2.75) is 59.3 Å². The predicted molar refractivity (Wildman–Crippen MR) is 91.8 cm³/mol. The second kappa shape index (κ2) is 16.7. The molecule has 0 rings (SSSR count). The largest absolute Gasteiger partial charge is 0.463 e. The van der Waals surface area contributed by atoms with Gasteiger partial charge in [-0.15, -0.1) is 0 Å². The van der Waals surface area contributed by atoms with Gasteiger partial charge in [-0.05, 0) is 19.3 Å². The number of carbonyl (C=O) groups excluding carboxylic acids is 2. The van der Waals surface area contributed by atoms with Gasteiger partial charge in [-0.3, -0.25) is 9.59 Å². The predicted octanol–water partition coefficient (Wildman–Crippen LogP) is 3.12. The molecule has 0 saturated carbocycles. The van der Waals surface area contributed by atoms with Gasteiger partial charge in [0.05, 0.1) is 32.3 Å². The Hall–Kier alpha value is -1.14. The van der Waals surface area contributed by atoms with Gasteiger partial charge in [0.1, 0.15) is 13.2 Å². The van der Waals surface area contributed by atoms with E-state index < -0.39 is 0 Å². The van der Waals surface area contributed by atoms with Crippen molar-refractivity contribution in [1.29, 1.82) is 0 Å². The smallest absolute Gasteiger partial charge is 0.308 e. The van der Waals surface area contributed by atoms with Crippen LogP contribution in [-0.2, 0) is 28.5 Å². The van der Waals surface area contributed by atoms with Gasteiger partial charge in [-0.1, -0.05) is 33.6 Å². The molecule has 0 N–H and O–H groups in total. The van der Waals surface area contributed by atoms with E-state index in [9.17, 15) is 9.59 Å². The van der Waals surface area contributed by atoms with Crippen molar-refractivity contribution >= 4 is 11.9 Å². The first-order valence-electron chi connectivity index (χ1n) is 9.13. The van der Waals surface area contributed by atoms with Crippen LogP contribution in [0.4, 0.5) is 0 Å². The van der Waals surface area contributed by atoms with Crippen molar-refractivity contribution in [3.63, 3.8) is 0 Å². The number of hydrogen-bond donors (Lipinski definition) is 0. The molecule has 6 heteroatoms. The third-order valence-corrected chi connectivity index (χ3v) is 3.52. The van der Waals surface area contributed by atoms with Crippen LogP contribution in [0.15, 0.2) is 0 Å². The molecule has 142 valence electrons. The molecule has 0 aromatic rings. The number of carbonyl (C=O) groups is 2. The summed E-state index contributed by atoms with van der Waals surface area (Å²) in [5.41, 5.74) is 0. The molecule has 0 heterocycles. The average Bonchev–Trinajstić information content (AvgIpc) is 2.57. The molecule has 24 heavy (non-hydrogen) atoms. The third kappa shape index (κ3) is 13.3. The lowest BCUT2D eigenvalue weighted by molar-refractivity contribution is -0.151. The third-order valence-electron chi connectivity index (χ3n) is 3.52. The normalized spacial score (nSPS) is 12.0. The van der Waals surface area contributed by atoms with Crippen molar-refractivity contribution in [1.82, 2.24) is 0 Å². The minimum Gasteiger partial charge on any atom is -0.463 e. The Bertz CT molecular complexity index is 319. The van der Waals surface area contributed by atoms with Crippen LogP contribution in [0.3, 0.4) is 0 Å². The fraction of sp³-hybridized carbons (Fsp3) is 0.889. The van der Waals surface area contributed by atoms with Gasteiger partial charge in [0.2, 0.25) is 0 Å². The van der Waals surface area contributed by atoms with Crippen LogP contribution in [0.5, 0.6) is 0 Å². The van der Waals surface area contributed by atoms with Crippen molar-refractivity contribution in [2.75, 3.05) is 39.6 Å². The molecule has 0 aliphatic heterocycles. The Morgan fingerprint density at radius 3 is 1.92 bits per heavy atom. The number of hydrogen-bond acceptors (Lipinski definition) is 6. The van der Waals surface area contributed by atoms with E-state index >= 15 is 0 Å². The Morgan fingerprint density at radius 2 is 1.38 bits per heavy atom. The molecule has 0 aromatic heterocycles. The summed E-state index contributed by atoms with van der Waals surface area (Å²) in [6.45, 7) is 8.18. The van der Waals surface area contributed by atoms with E-state index in [1.807, 2.05) is 13.8 Å². The summed E-state index contributed by atoms with van der Waals surface area (Å²) < 4.78 is 20.8. The molecule has 0 bridgehead atoms. The molecule has 0 saturated heterocycles. The highest BCUT2D eigenvalue weighted by molar-refractivity contribution is 5.72. The lowest BCUT2D eigenvalue weighted by Crippen LogP contribution is -2.20. The summed E-state index contributed by atoms with van der Waals surface area (Å²) in [6, 6.07) is 0. The molecule has 0 spiro atoms. The average molecular weight is 346 g/mol. The van der Waals surface area contributed by atoms with E-state index in [2.05, 4.69) is 6.92 Å². The Labute approximate surface area is 146 Å². The SMILES string of the molecule is CCCCC(CC)C(=O)OCCOCCOCCOC(=O)CCC. The van der Waals surface area contributed by atoms with E-state index in [-0.39, 0.29) is 31.1 Å². The van der Waals surface area contributed by atoms with E-state index in [4.69, 9.17) is 18.9 Å². The first-order valence-corrected chi connectivity index (χ1v) is 9.13. The van der Waals surface area contributed by atoms with Crippen LogP contribution in [0.25, 0.3) is 0 Å². The summed E-state index contributed by atoms with van der Waals surface area (Å²) in [4.78, 5) is 22.9. The van der Waals surface area contributed by atoms with E-state index in [1.54, 1.807) is 0 Å². The fourth-order valence-electron chi connectivity index (χ4n) is 2.07. The minimum atomic E-state index is -0.191. The number of ether oxygens (including phenoxy) is 4. The fourth-order valence-corrected chi connectivity index (χ4v) is 2.07. The molecule has 0 aliphatic rings. The maximum atomic E-state index is 11.8. The summed E-state index contributed by atoms with van der Waals surface area (Å²) in [7, 11) is 0. The van der Waals surface area contributed by atoms with Gasteiger partial charge in [0, 0.05) is 6.42 Å². The number of unbranched alkanes of at least 4 members (excludes halogenated alkanes) is 1. The van der Waals surface area contributed by atoms with Crippen molar-refractivity contribution < 1.29 is 28.5 Å². The Kier molecular flexibility index (Phi) is 15.9. The Morgan fingerprint density at radius 1 is 0.792 bits per heavy atom. The van der Waals surface area contributed by atoms with Crippen LogP contribution < -0.4 is 0 Å². The van der Waals surface area contributed by atoms with E-state index in [1.165, 1.54) is 0 Å². The lowest BCUT2D eigenvalue weighted by Gasteiger charge is -2.13.